The molecule has 0 saturated heterocycles. The molecule has 3 saturated carbocycles. The van der Waals surface area contributed by atoms with Crippen molar-refractivity contribution in [3.63, 3.8) is 0 Å². The van der Waals surface area contributed by atoms with E-state index >= 15 is 0 Å². The summed E-state index contributed by atoms with van der Waals surface area (Å²) < 4.78 is 5.37. The van der Waals surface area contributed by atoms with E-state index in [1.54, 1.807) is 5.57 Å². The maximum absolute atomic E-state index is 11.2. The van der Waals surface area contributed by atoms with Crippen LogP contribution in [0, 0.1) is 40.4 Å². The molecule has 174 valence electrons. The van der Waals surface area contributed by atoms with E-state index in [1.165, 1.54) is 50.5 Å². The highest BCUT2D eigenvalue weighted by atomic mass is 16.6. The van der Waals surface area contributed by atoms with Gasteiger partial charge in [0.25, 0.3) is 0 Å². The summed E-state index contributed by atoms with van der Waals surface area (Å²) in [6.07, 6.45) is 16.8. The summed E-state index contributed by atoms with van der Waals surface area (Å²) in [6, 6.07) is 0. The van der Waals surface area contributed by atoms with Crippen LogP contribution in [0.25, 0.3) is 0 Å². The zero-order chi connectivity index (χ0) is 22.4. The highest BCUT2D eigenvalue weighted by Crippen LogP contribution is 2.66. The molecule has 4 rings (SSSR count). The zero-order valence-corrected chi connectivity index (χ0v) is 20.6. The molecule has 7 unspecified atom stereocenters. The van der Waals surface area contributed by atoms with E-state index in [0.717, 1.165) is 42.9 Å². The molecule has 7 atom stereocenters. The minimum Gasteiger partial charge on any atom is -0.446 e. The number of allylic oxidation sites excluding steroid dienone is 3. The number of nitrogens with two attached hydrogens (primary N) is 1. The Morgan fingerprint density at radius 1 is 1.06 bits per heavy atom. The van der Waals surface area contributed by atoms with E-state index in [4.69, 9.17) is 10.5 Å². The number of hydrogen-bond acceptors (Lipinski definition) is 2. The van der Waals surface area contributed by atoms with E-state index in [-0.39, 0.29) is 11.5 Å². The number of hydrogen-bond donors (Lipinski definition) is 1. The molecular formula is C28H45NO2. The van der Waals surface area contributed by atoms with Gasteiger partial charge in [-0.2, -0.15) is 0 Å². The van der Waals surface area contributed by atoms with Gasteiger partial charge >= 0.3 is 6.09 Å². The fraction of sp³-hybridized carbons (Fsp3) is 0.821. The molecule has 0 heterocycles. The van der Waals surface area contributed by atoms with Crippen LogP contribution in [0.3, 0.4) is 0 Å². The van der Waals surface area contributed by atoms with Gasteiger partial charge in [0.05, 0.1) is 0 Å². The minimum absolute atomic E-state index is 0.0387. The number of carbonyl (C=O) groups excluding carboxylic acids is 1. The molecule has 4 aliphatic carbocycles. The summed E-state index contributed by atoms with van der Waals surface area (Å²) in [7, 11) is 0. The third kappa shape index (κ3) is 4.11. The molecule has 0 spiro atoms. The van der Waals surface area contributed by atoms with Gasteiger partial charge in [0.15, 0.2) is 0 Å². The van der Waals surface area contributed by atoms with Gasteiger partial charge in [-0.05, 0) is 78.9 Å². The normalized spacial score (nSPS) is 40.3. The molecular weight excluding hydrogens is 382 g/mol. The molecule has 3 heteroatoms. The zero-order valence-electron chi connectivity index (χ0n) is 20.6. The SMILES string of the molecule is CC(C)CCCC(C)C1CCC2C3=CC=C4CC(OC(N)=O)CCC4(C)C3CCC21C. The molecule has 3 fully saturated rings. The van der Waals surface area contributed by atoms with E-state index in [9.17, 15) is 4.79 Å². The van der Waals surface area contributed by atoms with Crippen LogP contribution in [0.15, 0.2) is 23.3 Å². The van der Waals surface area contributed by atoms with Gasteiger partial charge in [-0.15, -0.1) is 0 Å². The molecule has 0 radical (unpaired) electrons. The smallest absolute Gasteiger partial charge is 0.404 e. The van der Waals surface area contributed by atoms with Crippen LogP contribution in [0.1, 0.15) is 98.8 Å². The monoisotopic (exact) mass is 427 g/mol. The van der Waals surface area contributed by atoms with Crippen LogP contribution in [-0.4, -0.2) is 12.2 Å². The Balaban J connectivity index is 1.51. The highest BCUT2D eigenvalue weighted by Gasteiger charge is 2.57. The molecule has 0 bridgehead atoms. The molecule has 0 aromatic rings. The number of amides is 1. The van der Waals surface area contributed by atoms with Crippen molar-refractivity contribution in [2.24, 2.45) is 46.2 Å². The fourth-order valence-corrected chi connectivity index (χ4v) is 8.26. The number of fused-ring (bicyclic) bond motifs is 5. The van der Waals surface area contributed by atoms with Crippen LogP contribution in [0.4, 0.5) is 4.79 Å². The molecule has 31 heavy (non-hydrogen) atoms. The molecule has 0 aromatic carbocycles. The fourth-order valence-electron chi connectivity index (χ4n) is 8.26. The van der Waals surface area contributed by atoms with Crippen LogP contribution in [0.5, 0.6) is 0 Å². The van der Waals surface area contributed by atoms with Crippen molar-refractivity contribution in [2.45, 2.75) is 105 Å². The van der Waals surface area contributed by atoms with Gasteiger partial charge in [-0.1, -0.05) is 77.2 Å². The second-order valence-electron chi connectivity index (χ2n) is 12.2. The van der Waals surface area contributed by atoms with Crippen molar-refractivity contribution in [1.82, 2.24) is 0 Å². The molecule has 1 amide bonds. The molecule has 0 aliphatic heterocycles. The Hall–Kier alpha value is -1.25. The third-order valence-corrected chi connectivity index (χ3v) is 10.0. The summed E-state index contributed by atoms with van der Waals surface area (Å²) in [5.41, 5.74) is 9.25. The largest absolute Gasteiger partial charge is 0.446 e. The summed E-state index contributed by atoms with van der Waals surface area (Å²) in [6.45, 7) is 12.4. The molecule has 0 aromatic heterocycles. The topological polar surface area (TPSA) is 52.3 Å². The second-order valence-corrected chi connectivity index (χ2v) is 12.2. The summed E-state index contributed by atoms with van der Waals surface area (Å²) in [4.78, 5) is 11.2. The van der Waals surface area contributed by atoms with Crippen molar-refractivity contribution in [1.29, 1.82) is 0 Å². The van der Waals surface area contributed by atoms with Crippen LogP contribution in [-0.2, 0) is 4.74 Å². The standard InChI is InChI=1S/C28H45NO2/c1-18(2)7-6-8-19(3)23-11-12-24-22-10-9-20-17-21(31-26(29)30)13-15-27(20,4)25(22)14-16-28(23,24)5/h9-10,18-19,21,23-25H,6-8,11-17H2,1-5H3,(H2,29,30). The van der Waals surface area contributed by atoms with Gasteiger partial charge in [-0.3, -0.25) is 0 Å². The van der Waals surface area contributed by atoms with E-state index in [1.807, 2.05) is 0 Å². The molecule has 4 aliphatic rings. The van der Waals surface area contributed by atoms with Crippen molar-refractivity contribution < 1.29 is 9.53 Å². The first-order valence-electron chi connectivity index (χ1n) is 13.0. The number of primary amides is 1. The van der Waals surface area contributed by atoms with Gasteiger partial charge in [-0.25, -0.2) is 4.79 Å². The first-order valence-corrected chi connectivity index (χ1v) is 13.0. The number of carbonyl (C=O) groups is 1. The molecule has 2 N–H and O–H groups in total. The Kier molecular flexibility index (Phi) is 6.36. The lowest BCUT2D eigenvalue weighted by Crippen LogP contribution is -2.47. The quantitative estimate of drug-likeness (QED) is 0.479. The van der Waals surface area contributed by atoms with Gasteiger partial charge in [0.2, 0.25) is 0 Å². The highest BCUT2D eigenvalue weighted by molar-refractivity contribution is 5.64. The van der Waals surface area contributed by atoms with Crippen molar-refractivity contribution >= 4 is 6.09 Å². The van der Waals surface area contributed by atoms with E-state index in [0.29, 0.717) is 11.3 Å². The van der Waals surface area contributed by atoms with E-state index in [2.05, 4.69) is 46.8 Å². The first kappa shape index (κ1) is 22.9. The number of ether oxygens (including phenoxy) is 1. The Bertz CT molecular complexity index is 752. The number of rotatable bonds is 6. The predicted octanol–water partition coefficient (Wildman–Crippen LogP) is 7.41. The van der Waals surface area contributed by atoms with Gasteiger partial charge in [0.1, 0.15) is 6.10 Å². The lowest BCUT2D eigenvalue weighted by molar-refractivity contribution is 0.0269. The Morgan fingerprint density at radius 2 is 1.84 bits per heavy atom. The lowest BCUT2D eigenvalue weighted by atomic mass is 9.50. The average molecular weight is 428 g/mol. The maximum Gasteiger partial charge on any atom is 0.404 e. The van der Waals surface area contributed by atoms with E-state index < -0.39 is 6.09 Å². The second kappa shape index (κ2) is 8.60. The van der Waals surface area contributed by atoms with Crippen molar-refractivity contribution in [2.75, 3.05) is 0 Å². The average Bonchev–Trinajstić information content (AvgIpc) is 3.05. The first-order chi connectivity index (χ1) is 14.6. The van der Waals surface area contributed by atoms with Crippen molar-refractivity contribution in [3.8, 4) is 0 Å². The molecule has 3 nitrogen and oxygen atoms in total. The summed E-state index contributed by atoms with van der Waals surface area (Å²) in [5, 5.41) is 0. The van der Waals surface area contributed by atoms with Crippen molar-refractivity contribution in [3.05, 3.63) is 23.3 Å². The lowest BCUT2D eigenvalue weighted by Gasteiger charge is -2.55. The van der Waals surface area contributed by atoms with Gasteiger partial charge in [0, 0.05) is 6.42 Å². The predicted molar refractivity (Wildman–Crippen MR) is 127 cm³/mol. The van der Waals surface area contributed by atoms with Crippen LogP contribution < -0.4 is 5.73 Å². The summed E-state index contributed by atoms with van der Waals surface area (Å²) >= 11 is 0. The van der Waals surface area contributed by atoms with Crippen LogP contribution >= 0.6 is 0 Å². The Morgan fingerprint density at radius 3 is 2.55 bits per heavy atom. The van der Waals surface area contributed by atoms with Crippen LogP contribution in [0.2, 0.25) is 0 Å². The minimum atomic E-state index is -0.630. The summed E-state index contributed by atoms with van der Waals surface area (Å²) in [5.74, 6) is 3.99. The maximum atomic E-state index is 11.2. The third-order valence-electron chi connectivity index (χ3n) is 10.0. The Labute approximate surface area is 190 Å². The van der Waals surface area contributed by atoms with Gasteiger partial charge < -0.3 is 10.5 Å².